The third kappa shape index (κ3) is 11.2. The number of benzene rings is 1. The molecule has 6 nitrogen and oxygen atoms in total. The summed E-state index contributed by atoms with van der Waals surface area (Å²) >= 11 is 0. The summed E-state index contributed by atoms with van der Waals surface area (Å²) in [4.78, 5) is 24.4. The monoisotopic (exact) mass is 466 g/mol. The van der Waals surface area contributed by atoms with E-state index in [-0.39, 0.29) is 17.1 Å². The van der Waals surface area contributed by atoms with Crippen LogP contribution in [0.25, 0.3) is 0 Å². The van der Waals surface area contributed by atoms with E-state index in [4.69, 9.17) is 9.47 Å². The van der Waals surface area contributed by atoms with Crippen LogP contribution in [-0.4, -0.2) is 12.6 Å². The Morgan fingerprint density at radius 2 is 1.26 bits per heavy atom. The highest BCUT2D eigenvalue weighted by molar-refractivity contribution is 5.72. The van der Waals surface area contributed by atoms with Crippen molar-refractivity contribution in [3.8, 4) is 11.5 Å². The fraction of sp³-hybridized carbons (Fsp3) is 0.500. The summed E-state index contributed by atoms with van der Waals surface area (Å²) < 4.78 is 11.0. The van der Waals surface area contributed by atoms with Crippen LogP contribution in [0.5, 0.6) is 11.5 Å². The van der Waals surface area contributed by atoms with Crippen LogP contribution in [0.1, 0.15) is 84.5 Å². The molecule has 0 aliphatic carbocycles. The molecule has 34 heavy (non-hydrogen) atoms. The third-order valence-electron chi connectivity index (χ3n) is 5.40. The molecule has 0 heterocycles. The Morgan fingerprint density at radius 3 is 1.94 bits per heavy atom. The van der Waals surface area contributed by atoms with Crippen LogP contribution in [0.4, 0.5) is 11.4 Å². The van der Waals surface area contributed by atoms with Crippen molar-refractivity contribution in [1.82, 2.24) is 0 Å². The zero-order chi connectivity index (χ0) is 24.4. The van der Waals surface area contributed by atoms with Gasteiger partial charge in [0.1, 0.15) is 5.75 Å². The Kier molecular flexibility index (Phi) is 13.3. The molecule has 0 fully saturated rings. The zero-order valence-corrected chi connectivity index (χ0v) is 20.6. The van der Waals surface area contributed by atoms with Gasteiger partial charge in [0.15, 0.2) is 5.75 Å². The molecule has 0 aliphatic heterocycles. The van der Waals surface area contributed by atoms with Gasteiger partial charge in [-0.25, -0.2) is 0 Å². The van der Waals surface area contributed by atoms with Crippen LogP contribution >= 0.6 is 0 Å². The molecule has 0 unspecified atom stereocenters. The van der Waals surface area contributed by atoms with Crippen LogP contribution in [-0.2, 0) is 4.79 Å². The van der Waals surface area contributed by atoms with Crippen LogP contribution in [0.3, 0.4) is 0 Å². The lowest BCUT2D eigenvalue weighted by molar-refractivity contribution is -0.134. The van der Waals surface area contributed by atoms with E-state index in [0.29, 0.717) is 24.4 Å². The molecular formula is C28H38N2O4. The van der Waals surface area contributed by atoms with Crippen molar-refractivity contribution in [3.05, 3.63) is 58.8 Å². The fourth-order valence-corrected chi connectivity index (χ4v) is 3.36. The number of azo groups is 1. The van der Waals surface area contributed by atoms with Gasteiger partial charge in [0.05, 0.1) is 18.0 Å². The maximum atomic E-state index is 12.3. The Morgan fingerprint density at radius 1 is 0.706 bits per heavy atom. The molecule has 0 aromatic heterocycles. The van der Waals surface area contributed by atoms with E-state index in [1.54, 1.807) is 12.1 Å². The molecule has 0 radical (unpaired) electrons. The van der Waals surface area contributed by atoms with E-state index in [0.717, 1.165) is 44.3 Å². The summed E-state index contributed by atoms with van der Waals surface area (Å²) in [6.07, 6.45) is 11.5. The molecule has 2 rings (SSSR count). The Bertz CT molecular complexity index is 942. The topological polar surface area (TPSA) is 77.3 Å². The van der Waals surface area contributed by atoms with Gasteiger partial charge in [0, 0.05) is 6.42 Å². The number of hydrogen-bond acceptors (Lipinski definition) is 6. The first kappa shape index (κ1) is 27.2. The van der Waals surface area contributed by atoms with Crippen molar-refractivity contribution in [1.29, 1.82) is 0 Å². The average molecular weight is 467 g/mol. The molecule has 0 N–H and O–H groups in total. The number of unbranched alkanes of at least 4 members (excludes halogenated alkanes) is 8. The summed E-state index contributed by atoms with van der Waals surface area (Å²) in [5.74, 6) is 0.441. The largest absolute Gasteiger partial charge is 0.494 e. The lowest BCUT2D eigenvalue weighted by Gasteiger charge is -2.05. The second-order valence-corrected chi connectivity index (χ2v) is 8.41. The van der Waals surface area contributed by atoms with Gasteiger partial charge in [0.25, 0.3) is 0 Å². The lowest BCUT2D eigenvalue weighted by Crippen LogP contribution is -2.12. The minimum Gasteiger partial charge on any atom is -0.494 e. The molecule has 0 saturated heterocycles. The third-order valence-corrected chi connectivity index (χ3v) is 5.40. The highest BCUT2D eigenvalue weighted by Gasteiger charge is 2.07. The fourth-order valence-electron chi connectivity index (χ4n) is 3.36. The van der Waals surface area contributed by atoms with Gasteiger partial charge in [-0.3, -0.25) is 9.59 Å². The smallest absolute Gasteiger partial charge is 0.311 e. The van der Waals surface area contributed by atoms with E-state index >= 15 is 0 Å². The van der Waals surface area contributed by atoms with E-state index < -0.39 is 0 Å². The second-order valence-electron chi connectivity index (χ2n) is 8.41. The molecule has 2 aromatic rings. The molecule has 184 valence electrons. The molecular weight excluding hydrogens is 428 g/mol. The van der Waals surface area contributed by atoms with E-state index in [1.165, 1.54) is 37.8 Å². The minimum absolute atomic E-state index is 0.0129. The summed E-state index contributed by atoms with van der Waals surface area (Å²) in [7, 11) is 0. The van der Waals surface area contributed by atoms with Crippen LogP contribution in [0.2, 0.25) is 0 Å². The van der Waals surface area contributed by atoms with Crippen molar-refractivity contribution in [2.45, 2.75) is 84.5 Å². The molecule has 6 heteroatoms. The predicted molar refractivity (Wildman–Crippen MR) is 137 cm³/mol. The first-order chi connectivity index (χ1) is 16.6. The van der Waals surface area contributed by atoms with Gasteiger partial charge in [-0.2, -0.15) is 10.2 Å². The van der Waals surface area contributed by atoms with Crippen molar-refractivity contribution in [2.75, 3.05) is 6.61 Å². The Balaban J connectivity index is 1.83. The maximum absolute atomic E-state index is 12.3. The average Bonchev–Trinajstić information content (AvgIpc) is 3.02. The quantitative estimate of drug-likeness (QED) is 0.142. The second kappa shape index (κ2) is 16.6. The zero-order valence-electron chi connectivity index (χ0n) is 20.6. The maximum Gasteiger partial charge on any atom is 0.311 e. The van der Waals surface area contributed by atoms with Crippen molar-refractivity contribution < 1.29 is 14.3 Å². The number of hydrogen-bond donors (Lipinski definition) is 0. The molecule has 0 bridgehead atoms. The van der Waals surface area contributed by atoms with Crippen LogP contribution in [0, 0.1) is 0 Å². The van der Waals surface area contributed by atoms with Gasteiger partial charge < -0.3 is 9.47 Å². The lowest BCUT2D eigenvalue weighted by atomic mass is 10.1. The predicted octanol–water partition coefficient (Wildman–Crippen LogP) is 8.08. The summed E-state index contributed by atoms with van der Waals surface area (Å²) in [5, 5.41) is 8.40. The number of ether oxygens (including phenoxy) is 2. The highest BCUT2D eigenvalue weighted by atomic mass is 16.5. The number of esters is 1. The van der Waals surface area contributed by atoms with Gasteiger partial charge in [-0.05, 0) is 61.4 Å². The summed E-state index contributed by atoms with van der Waals surface area (Å²) in [5.41, 5.74) is 0.807. The Hall–Kier alpha value is -3.02. The molecule has 0 atom stereocenters. The van der Waals surface area contributed by atoms with Crippen LogP contribution in [0.15, 0.2) is 63.6 Å². The van der Waals surface area contributed by atoms with Crippen molar-refractivity contribution >= 4 is 17.3 Å². The van der Waals surface area contributed by atoms with Crippen LogP contribution < -0.4 is 14.9 Å². The summed E-state index contributed by atoms with van der Waals surface area (Å²) in [6.45, 7) is 5.06. The van der Waals surface area contributed by atoms with Gasteiger partial charge in [0.2, 0.25) is 5.43 Å². The molecule has 0 spiro atoms. The first-order valence-electron chi connectivity index (χ1n) is 12.6. The number of nitrogens with zero attached hydrogens (tertiary/aromatic N) is 2. The molecule has 0 aliphatic rings. The normalized spacial score (nSPS) is 11.0. The minimum atomic E-state index is -0.378. The van der Waals surface area contributed by atoms with E-state index in [2.05, 4.69) is 24.1 Å². The molecule has 0 saturated carbocycles. The van der Waals surface area contributed by atoms with E-state index in [1.807, 2.05) is 24.3 Å². The van der Waals surface area contributed by atoms with Gasteiger partial charge in [-0.15, -0.1) is 0 Å². The highest BCUT2D eigenvalue weighted by Crippen LogP contribution is 2.21. The molecule has 2 aromatic carbocycles. The molecule has 0 amide bonds. The van der Waals surface area contributed by atoms with Crippen molar-refractivity contribution in [2.24, 2.45) is 10.2 Å². The SMILES string of the molecule is CCCCCCCCCC(=O)Oc1ccc(N=Nc2ccc(OCCCCC)cc2)ccc1=O. The Labute approximate surface area is 203 Å². The number of carbonyl (C=O) groups is 1. The number of carbonyl (C=O) groups excluding carboxylic acids is 1. The number of rotatable bonds is 16. The summed E-state index contributed by atoms with van der Waals surface area (Å²) in [6, 6.07) is 13.4. The van der Waals surface area contributed by atoms with Crippen molar-refractivity contribution in [3.63, 3.8) is 0 Å². The first-order valence-corrected chi connectivity index (χ1v) is 12.6. The standard InChI is InChI=1S/C28H38N2O4/c1-3-5-7-8-9-10-11-13-28(32)34-27-21-17-24(16-20-26(27)31)30-29-23-14-18-25(19-15-23)33-22-12-6-4-2/h14-21H,3-13,22H2,1-2H3. The van der Waals surface area contributed by atoms with E-state index in [9.17, 15) is 9.59 Å². The van der Waals surface area contributed by atoms with Gasteiger partial charge in [-0.1, -0.05) is 65.2 Å². The van der Waals surface area contributed by atoms with Gasteiger partial charge >= 0.3 is 5.97 Å².